The van der Waals surface area contributed by atoms with Crippen LogP contribution >= 0.6 is 0 Å². The second-order valence-electron chi connectivity index (χ2n) is 4.42. The number of nitrogens with one attached hydrogen (secondary N) is 1. The van der Waals surface area contributed by atoms with Crippen LogP contribution in [0.25, 0.3) is 0 Å². The Morgan fingerprint density at radius 1 is 1.50 bits per heavy atom. The molecule has 4 heteroatoms. The van der Waals surface area contributed by atoms with Crippen LogP contribution in [0.5, 0.6) is 5.75 Å². The van der Waals surface area contributed by atoms with Crippen LogP contribution in [-0.2, 0) is 4.79 Å². The minimum Gasteiger partial charge on any atom is -0.496 e. The molecule has 1 atom stereocenters. The first-order chi connectivity index (χ1) is 8.54. The van der Waals surface area contributed by atoms with Crippen LogP contribution in [0.4, 0.5) is 0 Å². The molecule has 2 N–H and O–H groups in total. The van der Waals surface area contributed by atoms with Crippen molar-refractivity contribution in [2.24, 2.45) is 0 Å². The van der Waals surface area contributed by atoms with Gasteiger partial charge in [-0.25, -0.2) is 0 Å². The van der Waals surface area contributed by atoms with Gasteiger partial charge in [0.25, 0.3) is 0 Å². The van der Waals surface area contributed by atoms with E-state index in [1.165, 1.54) is 5.56 Å². The zero-order valence-corrected chi connectivity index (χ0v) is 11.2. The van der Waals surface area contributed by atoms with Gasteiger partial charge in [-0.2, -0.15) is 0 Å². The maximum absolute atomic E-state index is 10.4. The van der Waals surface area contributed by atoms with Gasteiger partial charge in [0.05, 0.1) is 7.11 Å². The number of aryl methyl sites for hydroxylation is 1. The fraction of sp³-hybridized carbons (Fsp3) is 0.500. The minimum absolute atomic E-state index is 0.147. The summed E-state index contributed by atoms with van der Waals surface area (Å²) in [6.07, 6.45) is 0.832. The molecule has 0 aliphatic heterocycles. The Balaban J connectivity index is 2.57. The highest BCUT2D eigenvalue weighted by Gasteiger charge is 2.11. The van der Waals surface area contributed by atoms with Crippen LogP contribution in [0.3, 0.4) is 0 Å². The van der Waals surface area contributed by atoms with Crippen LogP contribution in [0.1, 0.15) is 36.9 Å². The molecular weight excluding hydrogens is 230 g/mol. The van der Waals surface area contributed by atoms with E-state index in [0.717, 1.165) is 11.3 Å². The lowest BCUT2D eigenvalue weighted by atomic mass is 10.0. The number of benzene rings is 1. The van der Waals surface area contributed by atoms with Gasteiger partial charge in [0.1, 0.15) is 5.75 Å². The van der Waals surface area contributed by atoms with E-state index in [1.807, 2.05) is 19.1 Å². The van der Waals surface area contributed by atoms with E-state index < -0.39 is 5.97 Å². The molecule has 0 aliphatic carbocycles. The number of carboxylic acids is 1. The smallest absolute Gasteiger partial charge is 0.303 e. The van der Waals surface area contributed by atoms with E-state index >= 15 is 0 Å². The largest absolute Gasteiger partial charge is 0.496 e. The van der Waals surface area contributed by atoms with Crippen molar-refractivity contribution in [3.63, 3.8) is 0 Å². The van der Waals surface area contributed by atoms with Crippen LogP contribution in [0.2, 0.25) is 0 Å². The standard InChI is InChI=1S/C14H21NO3/c1-10-6-7-13(18-3)12(9-10)11(2)15-8-4-5-14(16)17/h6-7,9,11,15H,4-5,8H2,1-3H3,(H,16,17). The number of hydrogen-bond donors (Lipinski definition) is 2. The van der Waals surface area contributed by atoms with E-state index in [2.05, 4.69) is 18.3 Å². The van der Waals surface area contributed by atoms with Crippen molar-refractivity contribution < 1.29 is 14.6 Å². The molecule has 1 aromatic rings. The zero-order chi connectivity index (χ0) is 13.5. The summed E-state index contributed by atoms with van der Waals surface area (Å²) in [5.74, 6) is 0.108. The number of aliphatic carboxylic acids is 1. The van der Waals surface area contributed by atoms with E-state index in [4.69, 9.17) is 9.84 Å². The van der Waals surface area contributed by atoms with Crippen molar-refractivity contribution in [3.8, 4) is 5.75 Å². The first-order valence-corrected chi connectivity index (χ1v) is 6.14. The molecule has 0 amide bonds. The van der Waals surface area contributed by atoms with Gasteiger partial charge in [0.15, 0.2) is 0 Å². The average Bonchev–Trinajstić information content (AvgIpc) is 2.34. The van der Waals surface area contributed by atoms with Crippen molar-refractivity contribution in [3.05, 3.63) is 29.3 Å². The van der Waals surface area contributed by atoms with E-state index in [9.17, 15) is 4.79 Å². The molecule has 0 saturated carbocycles. The van der Waals surface area contributed by atoms with Crippen LogP contribution in [0, 0.1) is 6.92 Å². The third-order valence-electron chi connectivity index (χ3n) is 2.87. The third-order valence-corrected chi connectivity index (χ3v) is 2.87. The number of carboxylic acid groups (broad SMARTS) is 1. The predicted molar refractivity (Wildman–Crippen MR) is 71.0 cm³/mol. The van der Waals surface area contributed by atoms with E-state index in [-0.39, 0.29) is 12.5 Å². The zero-order valence-electron chi connectivity index (χ0n) is 11.2. The van der Waals surface area contributed by atoms with Crippen molar-refractivity contribution in [1.29, 1.82) is 0 Å². The molecule has 0 aliphatic rings. The summed E-state index contributed by atoms with van der Waals surface area (Å²) >= 11 is 0. The summed E-state index contributed by atoms with van der Waals surface area (Å²) in [7, 11) is 1.66. The monoisotopic (exact) mass is 251 g/mol. The van der Waals surface area contributed by atoms with Crippen LogP contribution in [0.15, 0.2) is 18.2 Å². The molecule has 0 radical (unpaired) electrons. The molecule has 0 aromatic heterocycles. The van der Waals surface area contributed by atoms with Gasteiger partial charge in [-0.05, 0) is 32.9 Å². The Kier molecular flexibility index (Phi) is 5.65. The number of methoxy groups -OCH3 is 1. The molecule has 0 spiro atoms. The van der Waals surface area contributed by atoms with Gasteiger partial charge in [0, 0.05) is 18.0 Å². The normalized spacial score (nSPS) is 12.2. The van der Waals surface area contributed by atoms with Crippen LogP contribution in [-0.4, -0.2) is 24.7 Å². The SMILES string of the molecule is COc1ccc(C)cc1C(C)NCCCC(=O)O. The van der Waals surface area contributed by atoms with Crippen molar-refractivity contribution >= 4 is 5.97 Å². The lowest BCUT2D eigenvalue weighted by Crippen LogP contribution is -2.21. The highest BCUT2D eigenvalue weighted by Crippen LogP contribution is 2.25. The molecule has 0 saturated heterocycles. The fourth-order valence-corrected chi connectivity index (χ4v) is 1.86. The Hall–Kier alpha value is -1.55. The molecule has 100 valence electrons. The predicted octanol–water partition coefficient (Wildman–Crippen LogP) is 2.52. The first-order valence-electron chi connectivity index (χ1n) is 6.14. The lowest BCUT2D eigenvalue weighted by Gasteiger charge is -2.17. The summed E-state index contributed by atoms with van der Waals surface area (Å²) in [4.78, 5) is 10.4. The summed E-state index contributed by atoms with van der Waals surface area (Å²) in [6.45, 7) is 4.78. The van der Waals surface area contributed by atoms with Crippen molar-refractivity contribution in [1.82, 2.24) is 5.32 Å². The van der Waals surface area contributed by atoms with E-state index in [1.54, 1.807) is 7.11 Å². The first kappa shape index (κ1) is 14.5. The van der Waals surface area contributed by atoms with Gasteiger partial charge in [-0.15, -0.1) is 0 Å². The molecule has 1 aromatic carbocycles. The average molecular weight is 251 g/mol. The van der Waals surface area contributed by atoms with Gasteiger partial charge < -0.3 is 15.2 Å². The number of rotatable bonds is 7. The molecule has 1 rings (SSSR count). The second-order valence-corrected chi connectivity index (χ2v) is 4.42. The molecule has 1 unspecified atom stereocenters. The summed E-state index contributed by atoms with van der Waals surface area (Å²) in [5, 5.41) is 11.9. The quantitative estimate of drug-likeness (QED) is 0.731. The second kappa shape index (κ2) is 7.01. The summed E-state index contributed by atoms with van der Waals surface area (Å²) in [5.41, 5.74) is 2.29. The number of carbonyl (C=O) groups is 1. The van der Waals surface area contributed by atoms with Crippen LogP contribution < -0.4 is 10.1 Å². The Labute approximate surface area is 108 Å². The molecule has 0 fully saturated rings. The molecule has 0 bridgehead atoms. The van der Waals surface area contributed by atoms with E-state index in [0.29, 0.717) is 13.0 Å². The van der Waals surface area contributed by atoms with Gasteiger partial charge in [0.2, 0.25) is 0 Å². The molecular formula is C14H21NO3. The van der Waals surface area contributed by atoms with Crippen molar-refractivity contribution in [2.45, 2.75) is 32.7 Å². The Morgan fingerprint density at radius 2 is 2.22 bits per heavy atom. The Morgan fingerprint density at radius 3 is 2.83 bits per heavy atom. The topological polar surface area (TPSA) is 58.6 Å². The third kappa shape index (κ3) is 4.37. The molecule has 4 nitrogen and oxygen atoms in total. The van der Waals surface area contributed by atoms with Crippen molar-refractivity contribution in [2.75, 3.05) is 13.7 Å². The maximum atomic E-state index is 10.4. The van der Waals surface area contributed by atoms with Gasteiger partial charge >= 0.3 is 5.97 Å². The molecule has 18 heavy (non-hydrogen) atoms. The summed E-state index contributed by atoms with van der Waals surface area (Å²) < 4.78 is 5.33. The fourth-order valence-electron chi connectivity index (χ4n) is 1.86. The van der Waals surface area contributed by atoms with Gasteiger partial charge in [-0.3, -0.25) is 4.79 Å². The highest BCUT2D eigenvalue weighted by atomic mass is 16.5. The number of ether oxygens (including phenoxy) is 1. The Bertz CT molecular complexity index is 404. The highest BCUT2D eigenvalue weighted by molar-refractivity contribution is 5.66. The maximum Gasteiger partial charge on any atom is 0.303 e. The summed E-state index contributed by atoms with van der Waals surface area (Å²) in [6, 6.07) is 6.21. The molecule has 0 heterocycles. The lowest BCUT2D eigenvalue weighted by molar-refractivity contribution is -0.137. The number of hydrogen-bond acceptors (Lipinski definition) is 3. The van der Waals surface area contributed by atoms with Gasteiger partial charge in [-0.1, -0.05) is 17.7 Å². The minimum atomic E-state index is -0.752.